The van der Waals surface area contributed by atoms with Crippen LogP contribution in [-0.2, 0) is 0 Å². The maximum absolute atomic E-state index is 5.51. The molecule has 1 aliphatic rings. The molecule has 2 nitrogen and oxygen atoms in total. The molecule has 0 spiro atoms. The highest BCUT2D eigenvalue weighted by molar-refractivity contribution is 8.14. The number of unbranched alkanes of at least 4 members (excludes halogenated alkanes) is 1. The molecule has 1 aliphatic heterocycles. The Balaban J connectivity index is 2.18. The highest BCUT2D eigenvalue weighted by Crippen LogP contribution is 2.18. The quantitative estimate of drug-likeness (QED) is 0.677. The van der Waals surface area contributed by atoms with Crippen molar-refractivity contribution >= 4 is 16.9 Å². The van der Waals surface area contributed by atoms with Crippen LogP contribution in [0, 0.1) is 0 Å². The van der Waals surface area contributed by atoms with Crippen LogP contribution in [0.3, 0.4) is 0 Å². The number of rotatable bonds is 3. The van der Waals surface area contributed by atoms with E-state index in [2.05, 4.69) is 11.9 Å². The normalized spacial score (nSPS) is 24.9. The Kier molecular flexibility index (Phi) is 3.06. The summed E-state index contributed by atoms with van der Waals surface area (Å²) in [6.45, 7) is 2.20. The lowest BCUT2D eigenvalue weighted by Gasteiger charge is -2.01. The Labute approximate surface area is 66.3 Å². The SMILES string of the molecule is CCCCC1CSC(N)=N1. The molecule has 0 radical (unpaired) electrons. The Hall–Kier alpha value is -0.180. The number of hydrogen-bond donors (Lipinski definition) is 1. The molecule has 0 bridgehead atoms. The molecule has 0 aromatic carbocycles. The number of nitrogens with two attached hydrogens (primary N) is 1. The largest absolute Gasteiger partial charge is 0.379 e. The lowest BCUT2D eigenvalue weighted by Crippen LogP contribution is -2.03. The highest BCUT2D eigenvalue weighted by atomic mass is 32.2. The summed E-state index contributed by atoms with van der Waals surface area (Å²) < 4.78 is 0. The van der Waals surface area contributed by atoms with Gasteiger partial charge in [-0.15, -0.1) is 0 Å². The van der Waals surface area contributed by atoms with Crippen molar-refractivity contribution < 1.29 is 0 Å². The fraction of sp³-hybridized carbons (Fsp3) is 0.857. The predicted molar refractivity (Wildman–Crippen MR) is 47.4 cm³/mol. The first-order valence-electron chi connectivity index (χ1n) is 3.79. The maximum atomic E-state index is 5.51. The summed E-state index contributed by atoms with van der Waals surface area (Å²) in [5.74, 6) is 1.10. The summed E-state index contributed by atoms with van der Waals surface area (Å²) >= 11 is 1.68. The first-order chi connectivity index (χ1) is 4.83. The van der Waals surface area contributed by atoms with E-state index < -0.39 is 0 Å². The molecule has 2 N–H and O–H groups in total. The average molecular weight is 158 g/mol. The molecule has 0 saturated carbocycles. The molecule has 1 heterocycles. The van der Waals surface area contributed by atoms with E-state index in [1.54, 1.807) is 11.8 Å². The lowest BCUT2D eigenvalue weighted by molar-refractivity contribution is 0.629. The zero-order valence-corrected chi connectivity index (χ0v) is 7.16. The average Bonchev–Trinajstić information content (AvgIpc) is 2.31. The molecular formula is C7H14N2S. The van der Waals surface area contributed by atoms with Crippen LogP contribution in [0.4, 0.5) is 0 Å². The maximum Gasteiger partial charge on any atom is 0.154 e. The van der Waals surface area contributed by atoms with Gasteiger partial charge in [0.1, 0.15) is 0 Å². The molecule has 3 heteroatoms. The first-order valence-corrected chi connectivity index (χ1v) is 4.77. The number of hydrogen-bond acceptors (Lipinski definition) is 3. The summed E-state index contributed by atoms with van der Waals surface area (Å²) in [6.07, 6.45) is 3.75. The van der Waals surface area contributed by atoms with Crippen molar-refractivity contribution in [2.75, 3.05) is 5.75 Å². The minimum Gasteiger partial charge on any atom is -0.379 e. The third-order valence-electron chi connectivity index (χ3n) is 1.62. The molecule has 0 aliphatic carbocycles. The van der Waals surface area contributed by atoms with Gasteiger partial charge in [-0.25, -0.2) is 0 Å². The van der Waals surface area contributed by atoms with Crippen molar-refractivity contribution in [2.24, 2.45) is 10.7 Å². The first kappa shape index (κ1) is 7.92. The van der Waals surface area contributed by atoms with E-state index in [-0.39, 0.29) is 0 Å². The molecule has 10 heavy (non-hydrogen) atoms. The predicted octanol–water partition coefficient (Wildman–Crippen LogP) is 1.61. The van der Waals surface area contributed by atoms with Crippen molar-refractivity contribution in [1.29, 1.82) is 0 Å². The van der Waals surface area contributed by atoms with Gasteiger partial charge in [-0.1, -0.05) is 31.5 Å². The molecule has 0 aromatic rings. The third kappa shape index (κ3) is 2.21. The van der Waals surface area contributed by atoms with Crippen LogP contribution >= 0.6 is 11.8 Å². The number of nitrogens with zero attached hydrogens (tertiary/aromatic N) is 1. The van der Waals surface area contributed by atoms with Gasteiger partial charge in [-0.2, -0.15) is 0 Å². The van der Waals surface area contributed by atoms with Crippen molar-refractivity contribution in [2.45, 2.75) is 32.2 Å². The summed E-state index contributed by atoms with van der Waals surface area (Å²) in [4.78, 5) is 4.28. The monoisotopic (exact) mass is 158 g/mol. The molecular weight excluding hydrogens is 144 g/mol. The van der Waals surface area contributed by atoms with E-state index in [4.69, 9.17) is 5.73 Å². The number of thioether (sulfide) groups is 1. The van der Waals surface area contributed by atoms with E-state index in [0.717, 1.165) is 10.9 Å². The van der Waals surface area contributed by atoms with E-state index in [1.807, 2.05) is 0 Å². The van der Waals surface area contributed by atoms with Gasteiger partial charge in [0, 0.05) is 5.75 Å². The zero-order valence-electron chi connectivity index (χ0n) is 6.34. The minimum absolute atomic E-state index is 0.518. The van der Waals surface area contributed by atoms with Gasteiger partial charge in [0.05, 0.1) is 6.04 Å². The fourth-order valence-corrected chi connectivity index (χ4v) is 1.85. The third-order valence-corrected chi connectivity index (χ3v) is 2.58. The van der Waals surface area contributed by atoms with Crippen LogP contribution in [0.1, 0.15) is 26.2 Å². The summed E-state index contributed by atoms with van der Waals surface area (Å²) in [5, 5.41) is 0.779. The second-order valence-electron chi connectivity index (χ2n) is 2.57. The highest BCUT2D eigenvalue weighted by Gasteiger charge is 2.14. The van der Waals surface area contributed by atoms with E-state index in [1.165, 1.54) is 19.3 Å². The van der Waals surface area contributed by atoms with Crippen molar-refractivity contribution in [3.8, 4) is 0 Å². The molecule has 1 unspecified atom stereocenters. The van der Waals surface area contributed by atoms with Crippen LogP contribution in [0.5, 0.6) is 0 Å². The Bertz CT molecular complexity index is 134. The van der Waals surface area contributed by atoms with Crippen molar-refractivity contribution in [3.63, 3.8) is 0 Å². The van der Waals surface area contributed by atoms with Gasteiger partial charge < -0.3 is 5.73 Å². The molecule has 0 amide bonds. The second-order valence-corrected chi connectivity index (χ2v) is 3.61. The van der Waals surface area contributed by atoms with E-state index >= 15 is 0 Å². The van der Waals surface area contributed by atoms with Gasteiger partial charge >= 0.3 is 0 Å². The summed E-state index contributed by atoms with van der Waals surface area (Å²) in [6, 6.07) is 0.518. The fourth-order valence-electron chi connectivity index (χ4n) is 1.02. The zero-order chi connectivity index (χ0) is 7.40. The molecule has 58 valence electrons. The van der Waals surface area contributed by atoms with Crippen LogP contribution in [0.15, 0.2) is 4.99 Å². The van der Waals surface area contributed by atoms with Crippen molar-refractivity contribution in [3.05, 3.63) is 0 Å². The Morgan fingerprint density at radius 2 is 2.60 bits per heavy atom. The smallest absolute Gasteiger partial charge is 0.154 e. The molecule has 1 atom stereocenters. The second kappa shape index (κ2) is 3.86. The molecule has 0 saturated heterocycles. The molecule has 1 rings (SSSR count). The van der Waals surface area contributed by atoms with Crippen LogP contribution in [0.2, 0.25) is 0 Å². The molecule has 0 aromatic heterocycles. The van der Waals surface area contributed by atoms with Gasteiger partial charge in [-0.3, -0.25) is 4.99 Å². The van der Waals surface area contributed by atoms with Gasteiger partial charge in [0.15, 0.2) is 5.17 Å². The Morgan fingerprint density at radius 1 is 1.80 bits per heavy atom. The minimum atomic E-state index is 0.518. The van der Waals surface area contributed by atoms with Gasteiger partial charge in [0.25, 0.3) is 0 Å². The Morgan fingerprint density at radius 3 is 3.10 bits per heavy atom. The van der Waals surface area contributed by atoms with Crippen LogP contribution in [-0.4, -0.2) is 17.0 Å². The standard InChI is InChI=1S/C7H14N2S/c1-2-3-4-6-5-10-7(8)9-6/h6H,2-5H2,1H3,(H2,8,9). The van der Waals surface area contributed by atoms with Crippen LogP contribution in [0.25, 0.3) is 0 Å². The van der Waals surface area contributed by atoms with Crippen LogP contribution < -0.4 is 5.73 Å². The summed E-state index contributed by atoms with van der Waals surface area (Å²) in [5.41, 5.74) is 5.51. The van der Waals surface area contributed by atoms with Gasteiger partial charge in [0.2, 0.25) is 0 Å². The number of aliphatic imine (C=N–C) groups is 1. The van der Waals surface area contributed by atoms with E-state index in [0.29, 0.717) is 6.04 Å². The van der Waals surface area contributed by atoms with Gasteiger partial charge in [-0.05, 0) is 6.42 Å². The number of amidine groups is 1. The lowest BCUT2D eigenvalue weighted by atomic mass is 10.1. The topological polar surface area (TPSA) is 38.4 Å². The summed E-state index contributed by atoms with van der Waals surface area (Å²) in [7, 11) is 0. The molecule has 0 fully saturated rings. The van der Waals surface area contributed by atoms with E-state index in [9.17, 15) is 0 Å². The van der Waals surface area contributed by atoms with Crippen molar-refractivity contribution in [1.82, 2.24) is 0 Å².